The number of aromatic nitrogens is 1. The molecule has 0 bridgehead atoms. The maximum Gasteiger partial charge on any atom is 0.344 e. The first-order valence-electron chi connectivity index (χ1n) is 8.20. The third-order valence-electron chi connectivity index (χ3n) is 4.06. The largest absolute Gasteiger partial charge is 0.467 e. The first-order chi connectivity index (χ1) is 13.2. The molecule has 0 saturated heterocycles. The van der Waals surface area contributed by atoms with Gasteiger partial charge in [-0.3, -0.25) is 4.79 Å². The lowest BCUT2D eigenvalue weighted by molar-refractivity contribution is -0.115. The van der Waals surface area contributed by atoms with E-state index in [0.717, 1.165) is 6.26 Å². The fourth-order valence-corrected chi connectivity index (χ4v) is 4.04. The summed E-state index contributed by atoms with van der Waals surface area (Å²) in [5.74, 6) is -0.635. The van der Waals surface area contributed by atoms with Crippen LogP contribution in [0.2, 0.25) is 5.02 Å². The number of ketones is 1. The van der Waals surface area contributed by atoms with Crippen LogP contribution in [0, 0.1) is 0 Å². The van der Waals surface area contributed by atoms with Crippen LogP contribution in [0.4, 0.5) is 0 Å². The molecule has 0 atom stereocenters. The first kappa shape index (κ1) is 20.1. The van der Waals surface area contributed by atoms with E-state index in [1.165, 1.54) is 31.4 Å². The van der Waals surface area contributed by atoms with Gasteiger partial charge in [-0.1, -0.05) is 16.8 Å². The first-order valence-corrected chi connectivity index (χ1v) is 10.5. The number of hydrogen-bond acceptors (Lipinski definition) is 8. The Morgan fingerprint density at radius 3 is 2.64 bits per heavy atom. The number of nitrogens with zero attached hydrogens (tertiary/aromatic N) is 1. The summed E-state index contributed by atoms with van der Waals surface area (Å²) in [6.45, 7) is 0. The van der Waals surface area contributed by atoms with Gasteiger partial charge in [0.25, 0.3) is 0 Å². The summed E-state index contributed by atoms with van der Waals surface area (Å²) in [4.78, 5) is 23.9. The van der Waals surface area contributed by atoms with Crippen LogP contribution in [0.1, 0.15) is 29.6 Å². The van der Waals surface area contributed by atoms with Crippen LogP contribution in [0.3, 0.4) is 0 Å². The second-order valence-electron chi connectivity index (χ2n) is 6.13. The molecular formula is C18H16ClNO7S. The van der Waals surface area contributed by atoms with E-state index in [0.29, 0.717) is 19.3 Å². The Balaban J connectivity index is 2.07. The second kappa shape index (κ2) is 7.76. The Morgan fingerprint density at radius 1 is 1.29 bits per heavy atom. The maximum absolute atomic E-state index is 12.6. The molecule has 2 aromatic rings. The smallest absolute Gasteiger partial charge is 0.344 e. The van der Waals surface area contributed by atoms with Gasteiger partial charge in [0.15, 0.2) is 15.6 Å². The molecule has 0 radical (unpaired) electrons. The Bertz CT molecular complexity index is 1090. The van der Waals surface area contributed by atoms with Crippen molar-refractivity contribution in [3.63, 3.8) is 0 Å². The van der Waals surface area contributed by atoms with Crippen LogP contribution in [0.15, 0.2) is 39.5 Å². The summed E-state index contributed by atoms with van der Waals surface area (Å²) in [5.41, 5.74) is 0.0216. The molecule has 0 fully saturated rings. The van der Waals surface area contributed by atoms with E-state index in [2.05, 4.69) is 5.16 Å². The molecule has 0 saturated carbocycles. The van der Waals surface area contributed by atoms with Crippen molar-refractivity contribution in [2.75, 3.05) is 13.4 Å². The predicted octanol–water partition coefficient (Wildman–Crippen LogP) is 3.20. The molecule has 8 nitrogen and oxygen atoms in total. The van der Waals surface area contributed by atoms with E-state index >= 15 is 0 Å². The molecular weight excluding hydrogens is 410 g/mol. The minimum atomic E-state index is -3.69. The molecule has 10 heteroatoms. The summed E-state index contributed by atoms with van der Waals surface area (Å²) in [5, 5.41) is 3.60. The highest BCUT2D eigenvalue weighted by Crippen LogP contribution is 2.38. The van der Waals surface area contributed by atoms with Gasteiger partial charge in [0.2, 0.25) is 0 Å². The van der Waals surface area contributed by atoms with Gasteiger partial charge < -0.3 is 14.0 Å². The van der Waals surface area contributed by atoms with E-state index in [1.54, 1.807) is 0 Å². The third kappa shape index (κ3) is 4.10. The van der Waals surface area contributed by atoms with Crippen LogP contribution in [-0.2, 0) is 19.4 Å². The lowest BCUT2D eigenvalue weighted by Crippen LogP contribution is -2.12. The number of benzene rings is 1. The molecule has 0 amide bonds. The van der Waals surface area contributed by atoms with Gasteiger partial charge in [-0.2, -0.15) is 0 Å². The van der Waals surface area contributed by atoms with Crippen LogP contribution in [0.5, 0.6) is 5.95 Å². The van der Waals surface area contributed by atoms with Crippen molar-refractivity contribution in [3.05, 3.63) is 40.6 Å². The van der Waals surface area contributed by atoms with Crippen molar-refractivity contribution in [2.45, 2.75) is 24.2 Å². The van der Waals surface area contributed by atoms with E-state index in [-0.39, 0.29) is 44.2 Å². The standard InChI is InChI=1S/C18H16ClNO7S/c1-25-15-9-13(20-27-15)16-14(28(2,23)24)7-6-12(17(16)19)18(22)26-11-5-3-4-10(21)8-11/h6-9H,3-5H2,1-2H3. The molecule has 148 valence electrons. The molecule has 1 aromatic heterocycles. The topological polar surface area (TPSA) is 113 Å². The Morgan fingerprint density at radius 2 is 2.04 bits per heavy atom. The zero-order valence-electron chi connectivity index (χ0n) is 15.0. The summed E-state index contributed by atoms with van der Waals surface area (Å²) in [6.07, 6.45) is 3.73. The molecule has 0 N–H and O–H groups in total. The Labute approximate surface area is 166 Å². The van der Waals surface area contributed by atoms with E-state index in [9.17, 15) is 18.0 Å². The highest BCUT2D eigenvalue weighted by molar-refractivity contribution is 7.90. The Kier molecular flexibility index (Phi) is 5.57. The lowest BCUT2D eigenvalue weighted by Gasteiger charge is -2.14. The minimum Gasteiger partial charge on any atom is -0.467 e. The van der Waals surface area contributed by atoms with Gasteiger partial charge in [0.1, 0.15) is 11.5 Å². The van der Waals surface area contributed by atoms with E-state index in [1.807, 2.05) is 0 Å². The molecule has 28 heavy (non-hydrogen) atoms. The van der Waals surface area contributed by atoms with Gasteiger partial charge in [0.05, 0.1) is 28.7 Å². The zero-order chi connectivity index (χ0) is 20.5. The number of carbonyl (C=O) groups excluding carboxylic acids is 2. The van der Waals surface area contributed by atoms with Crippen LogP contribution in [0.25, 0.3) is 11.3 Å². The summed E-state index contributed by atoms with van der Waals surface area (Å²) in [6, 6.07) is 3.86. The molecule has 0 unspecified atom stereocenters. The molecule has 1 aromatic carbocycles. The number of allylic oxidation sites excluding steroid dienone is 2. The van der Waals surface area contributed by atoms with Crippen LogP contribution < -0.4 is 4.74 Å². The van der Waals surface area contributed by atoms with Crippen LogP contribution >= 0.6 is 11.6 Å². The monoisotopic (exact) mass is 425 g/mol. The number of rotatable bonds is 5. The molecule has 1 aliphatic carbocycles. The fourth-order valence-electron chi connectivity index (χ4n) is 2.75. The highest BCUT2D eigenvalue weighted by Gasteiger charge is 2.26. The third-order valence-corrected chi connectivity index (χ3v) is 5.59. The molecule has 3 rings (SSSR count). The average Bonchev–Trinajstić information content (AvgIpc) is 3.09. The molecule has 1 heterocycles. The fraction of sp³-hybridized carbons (Fsp3) is 0.278. The van der Waals surface area contributed by atoms with Crippen molar-refractivity contribution in [3.8, 4) is 17.2 Å². The minimum absolute atomic E-state index is 0.000586. The molecule has 0 spiro atoms. The van der Waals surface area contributed by atoms with Crippen molar-refractivity contribution in [1.82, 2.24) is 5.16 Å². The number of sulfone groups is 1. The number of esters is 1. The summed E-state index contributed by atoms with van der Waals surface area (Å²) >= 11 is 6.37. The van der Waals surface area contributed by atoms with Gasteiger partial charge in [0, 0.05) is 30.7 Å². The number of ether oxygens (including phenoxy) is 2. The summed E-state index contributed by atoms with van der Waals surface area (Å²) < 4.78 is 39.5. The molecule has 0 aliphatic heterocycles. The lowest BCUT2D eigenvalue weighted by atomic mass is 10.0. The average molecular weight is 426 g/mol. The molecule has 1 aliphatic rings. The van der Waals surface area contributed by atoms with E-state index in [4.69, 9.17) is 25.6 Å². The Hall–Kier alpha value is -2.65. The van der Waals surface area contributed by atoms with Gasteiger partial charge >= 0.3 is 11.9 Å². The zero-order valence-corrected chi connectivity index (χ0v) is 16.6. The predicted molar refractivity (Wildman–Crippen MR) is 99.0 cm³/mol. The van der Waals surface area contributed by atoms with Crippen LogP contribution in [-0.4, -0.2) is 38.7 Å². The second-order valence-corrected chi connectivity index (χ2v) is 8.49. The normalized spacial score (nSPS) is 14.5. The van der Waals surface area contributed by atoms with Crippen molar-refractivity contribution in [1.29, 1.82) is 0 Å². The number of halogens is 1. The summed E-state index contributed by atoms with van der Waals surface area (Å²) in [7, 11) is -2.34. The SMILES string of the molecule is COc1cc(-c2c(S(C)(=O)=O)ccc(C(=O)OC3=CC(=O)CCC3)c2Cl)no1. The number of carbonyl (C=O) groups is 2. The van der Waals surface area contributed by atoms with E-state index < -0.39 is 15.8 Å². The quantitative estimate of drug-likeness (QED) is 0.671. The van der Waals surface area contributed by atoms with Crippen molar-refractivity contribution in [2.24, 2.45) is 0 Å². The van der Waals surface area contributed by atoms with Gasteiger partial charge in [-0.05, 0) is 18.6 Å². The van der Waals surface area contributed by atoms with Gasteiger partial charge in [-0.15, -0.1) is 0 Å². The van der Waals surface area contributed by atoms with Crippen molar-refractivity contribution >= 4 is 33.2 Å². The number of hydrogen-bond donors (Lipinski definition) is 0. The van der Waals surface area contributed by atoms with Gasteiger partial charge in [-0.25, -0.2) is 13.2 Å². The van der Waals surface area contributed by atoms with Crippen molar-refractivity contribution < 1.29 is 32.0 Å². The number of methoxy groups -OCH3 is 1. The highest BCUT2D eigenvalue weighted by atomic mass is 35.5. The maximum atomic E-state index is 12.6.